The molecule has 5 nitrogen and oxygen atoms in total. The molecule has 8 heteroatoms. The number of hydrogen-bond donors (Lipinski definition) is 2. The van der Waals surface area contributed by atoms with Crippen LogP contribution in [0, 0.1) is 5.82 Å². The summed E-state index contributed by atoms with van der Waals surface area (Å²) in [7, 11) is 0. The van der Waals surface area contributed by atoms with Crippen LogP contribution in [0.3, 0.4) is 0 Å². The number of benzene rings is 2. The Morgan fingerprint density at radius 1 is 1.03 bits per heavy atom. The molecule has 2 aromatic carbocycles. The third kappa shape index (κ3) is 6.40. The molecule has 0 unspecified atom stereocenters. The molecule has 0 aliphatic heterocycles. The number of thioether (sulfide) groups is 1. The van der Waals surface area contributed by atoms with Crippen molar-refractivity contribution >= 4 is 51.0 Å². The highest BCUT2D eigenvalue weighted by atomic mass is 79.9. The Hall–Kier alpha value is -2.71. The standard InChI is InChI=1S/C21H17BrFN3O2S/c22-15-8-9-19(24-13-15)26-21(28)14-4-3-5-16(12-14)25-20(27)10-11-29-18-7-2-1-6-17(18)23/h1-9,12-13H,10-11H2,(H,25,27)(H,24,26,28). The van der Waals surface area contributed by atoms with E-state index in [0.717, 1.165) is 4.47 Å². The fourth-order valence-electron chi connectivity index (χ4n) is 2.42. The number of carbonyl (C=O) groups excluding carboxylic acids is 2. The highest BCUT2D eigenvalue weighted by molar-refractivity contribution is 9.10. The lowest BCUT2D eigenvalue weighted by atomic mass is 10.2. The number of halogens is 2. The summed E-state index contributed by atoms with van der Waals surface area (Å²) in [6, 6.07) is 16.6. The maximum atomic E-state index is 13.6. The Balaban J connectivity index is 1.53. The number of hydrogen-bond acceptors (Lipinski definition) is 4. The molecule has 2 N–H and O–H groups in total. The quantitative estimate of drug-likeness (QED) is 0.453. The van der Waals surface area contributed by atoms with Gasteiger partial charge in [0.15, 0.2) is 0 Å². The average Bonchev–Trinajstić information content (AvgIpc) is 2.71. The molecule has 3 rings (SSSR count). The van der Waals surface area contributed by atoms with Gasteiger partial charge in [0.25, 0.3) is 5.91 Å². The van der Waals surface area contributed by atoms with Crippen LogP contribution in [0.5, 0.6) is 0 Å². The zero-order valence-corrected chi connectivity index (χ0v) is 17.6. The molecule has 2 amide bonds. The SMILES string of the molecule is O=C(CCSc1ccccc1F)Nc1cccc(C(=O)Nc2ccc(Br)cn2)c1. The predicted molar refractivity (Wildman–Crippen MR) is 117 cm³/mol. The van der Waals surface area contributed by atoms with E-state index in [4.69, 9.17) is 0 Å². The molecule has 0 fully saturated rings. The van der Waals surface area contributed by atoms with E-state index in [1.807, 2.05) is 0 Å². The minimum Gasteiger partial charge on any atom is -0.326 e. The smallest absolute Gasteiger partial charge is 0.256 e. The zero-order valence-electron chi connectivity index (χ0n) is 15.2. The molecule has 0 aliphatic carbocycles. The molecular formula is C21H17BrFN3O2S. The molecule has 1 aromatic heterocycles. The normalized spacial score (nSPS) is 10.4. The van der Waals surface area contributed by atoms with E-state index in [0.29, 0.717) is 27.7 Å². The molecule has 0 bridgehead atoms. The lowest BCUT2D eigenvalue weighted by Gasteiger charge is -2.08. The predicted octanol–water partition coefficient (Wildman–Crippen LogP) is 5.36. The first-order valence-corrected chi connectivity index (χ1v) is 10.5. The molecule has 0 aliphatic rings. The molecule has 0 saturated heterocycles. The van der Waals surface area contributed by atoms with Gasteiger partial charge in [0, 0.05) is 39.0 Å². The number of nitrogens with zero attached hydrogens (tertiary/aromatic N) is 1. The molecular weight excluding hydrogens is 457 g/mol. The molecule has 1 heterocycles. The third-order valence-electron chi connectivity index (χ3n) is 3.80. The lowest BCUT2D eigenvalue weighted by molar-refractivity contribution is -0.115. The van der Waals surface area contributed by atoms with Crippen molar-refractivity contribution in [2.75, 3.05) is 16.4 Å². The van der Waals surface area contributed by atoms with E-state index in [9.17, 15) is 14.0 Å². The van der Waals surface area contributed by atoms with Crippen LogP contribution in [-0.2, 0) is 4.79 Å². The van der Waals surface area contributed by atoms with Gasteiger partial charge in [-0.3, -0.25) is 9.59 Å². The summed E-state index contributed by atoms with van der Waals surface area (Å²) in [6.45, 7) is 0. The van der Waals surface area contributed by atoms with E-state index in [-0.39, 0.29) is 24.1 Å². The minimum atomic E-state index is -0.328. The van der Waals surface area contributed by atoms with Gasteiger partial charge in [-0.05, 0) is 58.4 Å². The summed E-state index contributed by atoms with van der Waals surface area (Å²) in [6.07, 6.45) is 1.81. The first kappa shape index (κ1) is 21.0. The van der Waals surface area contributed by atoms with Crippen molar-refractivity contribution in [2.24, 2.45) is 0 Å². The lowest BCUT2D eigenvalue weighted by Crippen LogP contribution is -2.15. The summed E-state index contributed by atoms with van der Waals surface area (Å²) in [5, 5.41) is 5.46. The number of pyridine rings is 1. The number of amides is 2. The van der Waals surface area contributed by atoms with Gasteiger partial charge in [-0.15, -0.1) is 11.8 Å². The van der Waals surface area contributed by atoms with E-state index in [1.165, 1.54) is 17.8 Å². The van der Waals surface area contributed by atoms with Crippen molar-refractivity contribution in [3.05, 3.63) is 82.7 Å². The van der Waals surface area contributed by atoms with Crippen molar-refractivity contribution in [1.29, 1.82) is 0 Å². The number of rotatable bonds is 7. The molecule has 0 atom stereocenters. The van der Waals surface area contributed by atoms with Crippen molar-refractivity contribution < 1.29 is 14.0 Å². The molecule has 0 spiro atoms. The van der Waals surface area contributed by atoms with Crippen LogP contribution in [0.2, 0.25) is 0 Å². The van der Waals surface area contributed by atoms with Crippen LogP contribution in [0.15, 0.2) is 76.2 Å². The number of carbonyl (C=O) groups is 2. The van der Waals surface area contributed by atoms with E-state index in [1.54, 1.807) is 60.8 Å². The number of anilines is 2. The van der Waals surface area contributed by atoms with E-state index >= 15 is 0 Å². The molecule has 148 valence electrons. The molecule has 29 heavy (non-hydrogen) atoms. The van der Waals surface area contributed by atoms with Crippen LogP contribution in [0.25, 0.3) is 0 Å². The zero-order chi connectivity index (χ0) is 20.6. The fraction of sp³-hybridized carbons (Fsp3) is 0.0952. The summed E-state index contributed by atoms with van der Waals surface area (Å²) < 4.78 is 14.4. The molecule has 3 aromatic rings. The Bertz CT molecular complexity index is 1010. The Kier molecular flexibility index (Phi) is 7.37. The highest BCUT2D eigenvalue weighted by Crippen LogP contribution is 2.22. The van der Waals surface area contributed by atoms with Crippen LogP contribution in [0.4, 0.5) is 15.9 Å². The fourth-order valence-corrected chi connectivity index (χ4v) is 3.54. The summed E-state index contributed by atoms with van der Waals surface area (Å²) in [5.41, 5.74) is 0.913. The van der Waals surface area contributed by atoms with Gasteiger partial charge in [0.1, 0.15) is 11.6 Å². The second-order valence-electron chi connectivity index (χ2n) is 5.97. The summed E-state index contributed by atoms with van der Waals surface area (Å²) in [4.78, 5) is 29.2. The molecule has 0 radical (unpaired) electrons. The topological polar surface area (TPSA) is 71.1 Å². The van der Waals surface area contributed by atoms with Crippen LogP contribution >= 0.6 is 27.7 Å². The van der Waals surface area contributed by atoms with Gasteiger partial charge in [0.05, 0.1) is 0 Å². The average molecular weight is 474 g/mol. The Morgan fingerprint density at radius 2 is 1.86 bits per heavy atom. The Labute approximate surface area is 180 Å². The Morgan fingerprint density at radius 3 is 2.62 bits per heavy atom. The van der Waals surface area contributed by atoms with Gasteiger partial charge in [0.2, 0.25) is 5.91 Å². The first-order valence-electron chi connectivity index (χ1n) is 8.71. The minimum absolute atomic E-state index is 0.207. The second-order valence-corrected chi connectivity index (χ2v) is 8.03. The second kappa shape index (κ2) is 10.2. The van der Waals surface area contributed by atoms with Gasteiger partial charge in [-0.1, -0.05) is 18.2 Å². The van der Waals surface area contributed by atoms with Crippen molar-refractivity contribution in [1.82, 2.24) is 4.98 Å². The number of nitrogens with one attached hydrogen (secondary N) is 2. The third-order valence-corrected chi connectivity index (χ3v) is 5.32. The van der Waals surface area contributed by atoms with Crippen LogP contribution in [-0.4, -0.2) is 22.6 Å². The monoisotopic (exact) mass is 473 g/mol. The van der Waals surface area contributed by atoms with Gasteiger partial charge in [-0.2, -0.15) is 0 Å². The van der Waals surface area contributed by atoms with Gasteiger partial charge >= 0.3 is 0 Å². The van der Waals surface area contributed by atoms with Gasteiger partial charge < -0.3 is 10.6 Å². The highest BCUT2D eigenvalue weighted by Gasteiger charge is 2.10. The van der Waals surface area contributed by atoms with Crippen molar-refractivity contribution in [3.63, 3.8) is 0 Å². The summed E-state index contributed by atoms with van der Waals surface area (Å²) in [5.74, 6) is 0.0454. The van der Waals surface area contributed by atoms with Crippen molar-refractivity contribution in [2.45, 2.75) is 11.3 Å². The van der Waals surface area contributed by atoms with E-state index in [2.05, 4.69) is 31.5 Å². The maximum Gasteiger partial charge on any atom is 0.256 e. The number of aromatic nitrogens is 1. The van der Waals surface area contributed by atoms with E-state index < -0.39 is 0 Å². The van der Waals surface area contributed by atoms with Crippen LogP contribution in [0.1, 0.15) is 16.8 Å². The van der Waals surface area contributed by atoms with Gasteiger partial charge in [-0.25, -0.2) is 9.37 Å². The van der Waals surface area contributed by atoms with Crippen molar-refractivity contribution in [3.8, 4) is 0 Å². The largest absolute Gasteiger partial charge is 0.326 e. The maximum absolute atomic E-state index is 13.6. The molecule has 0 saturated carbocycles. The van der Waals surface area contributed by atoms with Crippen LogP contribution < -0.4 is 10.6 Å². The first-order chi connectivity index (χ1) is 14.0. The summed E-state index contributed by atoms with van der Waals surface area (Å²) >= 11 is 4.57.